The van der Waals surface area contributed by atoms with Crippen molar-refractivity contribution >= 4 is 5.78 Å². The van der Waals surface area contributed by atoms with Crippen LogP contribution in [0.2, 0.25) is 0 Å². The van der Waals surface area contributed by atoms with Gasteiger partial charge in [0.2, 0.25) is 0 Å². The topological polar surface area (TPSA) is 35.5 Å². The molecule has 0 amide bonds. The van der Waals surface area contributed by atoms with Crippen molar-refractivity contribution in [3.05, 3.63) is 11.6 Å². The SMILES string of the molecule is CC(C)CCCC(C)C1CCC2C3C(=O)C=C4CC(OC5CCCCO5)CCC4(C)C3CCC12C. The Hall–Kier alpha value is -0.670. The van der Waals surface area contributed by atoms with Crippen molar-refractivity contribution in [3.8, 4) is 0 Å². The second-order valence-corrected chi connectivity index (χ2v) is 14.1. The second kappa shape index (κ2) is 10.2. The van der Waals surface area contributed by atoms with Crippen molar-refractivity contribution in [2.24, 2.45) is 46.3 Å². The first-order chi connectivity index (χ1) is 16.7. The fourth-order valence-electron chi connectivity index (χ4n) is 9.54. The molecule has 5 aliphatic rings. The van der Waals surface area contributed by atoms with E-state index < -0.39 is 0 Å². The molecule has 0 aromatic carbocycles. The summed E-state index contributed by atoms with van der Waals surface area (Å²) in [5.41, 5.74) is 1.94. The van der Waals surface area contributed by atoms with E-state index >= 15 is 0 Å². The molecule has 1 saturated heterocycles. The molecule has 0 aromatic heterocycles. The molecule has 3 heteroatoms. The molecule has 0 aromatic rings. The Morgan fingerprint density at radius 1 is 1.00 bits per heavy atom. The van der Waals surface area contributed by atoms with E-state index in [-0.39, 0.29) is 23.7 Å². The van der Waals surface area contributed by atoms with Crippen LogP contribution in [0.1, 0.15) is 118 Å². The molecule has 1 heterocycles. The van der Waals surface area contributed by atoms with Crippen molar-refractivity contribution in [1.29, 1.82) is 0 Å². The normalized spacial score (nSPS) is 44.4. The van der Waals surface area contributed by atoms with Crippen molar-refractivity contribution in [3.63, 3.8) is 0 Å². The number of carbonyl (C=O) groups excluding carboxylic acids is 1. The molecule has 3 nitrogen and oxygen atoms in total. The lowest BCUT2D eigenvalue weighted by Crippen LogP contribution is -2.54. The maximum atomic E-state index is 13.8. The highest BCUT2D eigenvalue weighted by Crippen LogP contribution is 2.66. The predicted octanol–water partition coefficient (Wildman–Crippen LogP) is 8.12. The molecule has 9 atom stereocenters. The summed E-state index contributed by atoms with van der Waals surface area (Å²) >= 11 is 0. The van der Waals surface area contributed by atoms with Crippen LogP contribution in [0.5, 0.6) is 0 Å². The minimum Gasteiger partial charge on any atom is -0.353 e. The molecule has 35 heavy (non-hydrogen) atoms. The highest BCUT2D eigenvalue weighted by molar-refractivity contribution is 5.94. The zero-order chi connectivity index (χ0) is 24.8. The van der Waals surface area contributed by atoms with E-state index in [0.717, 1.165) is 50.0 Å². The van der Waals surface area contributed by atoms with Gasteiger partial charge in [0.1, 0.15) is 0 Å². The third-order valence-electron chi connectivity index (χ3n) is 11.6. The number of allylic oxidation sites excluding steroid dienone is 1. The first-order valence-corrected chi connectivity index (χ1v) is 15.2. The van der Waals surface area contributed by atoms with Gasteiger partial charge in [0, 0.05) is 12.5 Å². The Balaban J connectivity index is 1.29. The second-order valence-electron chi connectivity index (χ2n) is 14.1. The average molecular weight is 485 g/mol. The van der Waals surface area contributed by atoms with Crippen molar-refractivity contribution < 1.29 is 14.3 Å². The lowest BCUT2D eigenvalue weighted by Gasteiger charge is -2.57. The van der Waals surface area contributed by atoms with E-state index in [0.29, 0.717) is 23.0 Å². The fourth-order valence-corrected chi connectivity index (χ4v) is 9.54. The van der Waals surface area contributed by atoms with Crippen molar-refractivity contribution in [1.82, 2.24) is 0 Å². The Bertz CT molecular complexity index is 795. The van der Waals surface area contributed by atoms with Crippen molar-refractivity contribution in [2.75, 3.05) is 6.61 Å². The highest BCUT2D eigenvalue weighted by Gasteiger charge is 2.61. The maximum absolute atomic E-state index is 13.8. The zero-order valence-electron chi connectivity index (χ0n) is 23.3. The number of hydrogen-bond donors (Lipinski definition) is 0. The molecular formula is C32H52O3. The fraction of sp³-hybridized carbons (Fsp3) is 0.906. The maximum Gasteiger partial charge on any atom is 0.159 e. The van der Waals surface area contributed by atoms with Crippen LogP contribution in [0.3, 0.4) is 0 Å². The van der Waals surface area contributed by atoms with Gasteiger partial charge in [-0.25, -0.2) is 0 Å². The Morgan fingerprint density at radius 3 is 2.57 bits per heavy atom. The standard InChI is InChI=1S/C32H52O3/c1-21(2)9-8-10-22(3)25-12-13-26-30-27(15-17-32(25,26)5)31(4)16-14-24(19-23(31)20-28(30)33)35-29-11-6-7-18-34-29/h20-22,24-27,29-30H,6-19H2,1-5H3. The van der Waals surface area contributed by atoms with E-state index in [1.165, 1.54) is 63.4 Å². The number of ether oxygens (including phenoxy) is 2. The van der Waals surface area contributed by atoms with Crippen LogP contribution < -0.4 is 0 Å². The lowest BCUT2D eigenvalue weighted by atomic mass is 9.46. The summed E-state index contributed by atoms with van der Waals surface area (Å²) in [6.45, 7) is 13.1. The summed E-state index contributed by atoms with van der Waals surface area (Å²) in [6, 6.07) is 0. The van der Waals surface area contributed by atoms with Gasteiger partial charge in [0.05, 0.1) is 6.10 Å². The van der Waals surface area contributed by atoms with Crippen molar-refractivity contribution in [2.45, 2.75) is 130 Å². The number of hydrogen-bond acceptors (Lipinski definition) is 3. The molecule has 9 unspecified atom stereocenters. The first kappa shape index (κ1) is 26.0. The van der Waals surface area contributed by atoms with Crippen LogP contribution in [0.4, 0.5) is 0 Å². The van der Waals surface area contributed by atoms with E-state index in [2.05, 4.69) is 40.7 Å². The van der Waals surface area contributed by atoms with Crippen LogP contribution >= 0.6 is 0 Å². The molecule has 0 spiro atoms. The molecule has 3 saturated carbocycles. The summed E-state index contributed by atoms with van der Waals surface area (Å²) in [7, 11) is 0. The molecule has 4 fully saturated rings. The Labute approximate surface area is 215 Å². The van der Waals surface area contributed by atoms with Gasteiger partial charge in [-0.1, -0.05) is 59.5 Å². The number of carbonyl (C=O) groups is 1. The predicted molar refractivity (Wildman–Crippen MR) is 142 cm³/mol. The van der Waals surface area contributed by atoms with Gasteiger partial charge in [-0.15, -0.1) is 0 Å². The number of fused-ring (bicyclic) bond motifs is 5. The van der Waals surface area contributed by atoms with Crippen LogP contribution in [0.15, 0.2) is 11.6 Å². The molecule has 0 radical (unpaired) electrons. The minimum absolute atomic E-state index is 0.0286. The minimum atomic E-state index is -0.0286. The summed E-state index contributed by atoms with van der Waals surface area (Å²) in [6.07, 6.45) is 18.2. The summed E-state index contributed by atoms with van der Waals surface area (Å²) < 4.78 is 12.3. The summed E-state index contributed by atoms with van der Waals surface area (Å²) in [5, 5.41) is 0. The average Bonchev–Trinajstić information content (AvgIpc) is 3.17. The van der Waals surface area contributed by atoms with Gasteiger partial charge in [-0.2, -0.15) is 0 Å². The zero-order valence-corrected chi connectivity index (χ0v) is 23.3. The molecule has 4 aliphatic carbocycles. The van der Waals surface area contributed by atoms with E-state index in [1.807, 2.05) is 0 Å². The van der Waals surface area contributed by atoms with Gasteiger partial charge in [0.25, 0.3) is 0 Å². The Kier molecular flexibility index (Phi) is 7.59. The number of ketones is 1. The van der Waals surface area contributed by atoms with Gasteiger partial charge in [-0.3, -0.25) is 4.79 Å². The van der Waals surface area contributed by atoms with Crippen LogP contribution in [-0.2, 0) is 14.3 Å². The molecule has 0 bridgehead atoms. The van der Waals surface area contributed by atoms with Gasteiger partial charge >= 0.3 is 0 Å². The third kappa shape index (κ3) is 4.83. The van der Waals surface area contributed by atoms with E-state index in [4.69, 9.17) is 9.47 Å². The first-order valence-electron chi connectivity index (χ1n) is 15.2. The molecule has 1 aliphatic heterocycles. The molecule has 5 rings (SSSR count). The molecular weight excluding hydrogens is 432 g/mol. The lowest BCUT2D eigenvalue weighted by molar-refractivity contribution is -0.195. The van der Waals surface area contributed by atoms with E-state index in [1.54, 1.807) is 0 Å². The van der Waals surface area contributed by atoms with Gasteiger partial charge < -0.3 is 9.47 Å². The Morgan fingerprint density at radius 2 is 1.83 bits per heavy atom. The van der Waals surface area contributed by atoms with Gasteiger partial charge in [-0.05, 0) is 111 Å². The third-order valence-corrected chi connectivity index (χ3v) is 11.6. The summed E-state index contributed by atoms with van der Waals surface area (Å²) in [4.78, 5) is 13.8. The highest BCUT2D eigenvalue weighted by atomic mass is 16.7. The van der Waals surface area contributed by atoms with E-state index in [9.17, 15) is 4.79 Å². The summed E-state index contributed by atoms with van der Waals surface area (Å²) in [5.74, 6) is 4.24. The van der Waals surface area contributed by atoms with Crippen LogP contribution in [-0.4, -0.2) is 24.8 Å². The monoisotopic (exact) mass is 484 g/mol. The molecule has 0 N–H and O–H groups in total. The van der Waals surface area contributed by atoms with Gasteiger partial charge in [0.15, 0.2) is 12.1 Å². The number of rotatable bonds is 7. The molecule has 198 valence electrons. The smallest absolute Gasteiger partial charge is 0.159 e. The van der Waals surface area contributed by atoms with Crippen LogP contribution in [0.25, 0.3) is 0 Å². The quantitative estimate of drug-likeness (QED) is 0.366. The largest absolute Gasteiger partial charge is 0.353 e. The van der Waals surface area contributed by atoms with Crippen LogP contribution in [0, 0.1) is 46.3 Å².